The van der Waals surface area contributed by atoms with E-state index in [1.807, 2.05) is 31.2 Å². The Morgan fingerprint density at radius 3 is 2.33 bits per heavy atom. The van der Waals surface area contributed by atoms with Crippen LogP contribution in [0.3, 0.4) is 0 Å². The Morgan fingerprint density at radius 2 is 1.75 bits per heavy atom. The summed E-state index contributed by atoms with van der Waals surface area (Å²) in [6.45, 7) is 3.92. The summed E-state index contributed by atoms with van der Waals surface area (Å²) in [5.41, 5.74) is 1.78. The first kappa shape index (κ1) is 18.0. The molecule has 0 fully saturated rings. The molecule has 2 nitrogen and oxygen atoms in total. The maximum atomic E-state index is 12.7. The Morgan fingerprint density at radius 1 is 1.08 bits per heavy atom. The molecule has 0 heterocycles. The number of rotatable bonds is 5. The summed E-state index contributed by atoms with van der Waals surface area (Å²) in [6, 6.07) is 12.6. The van der Waals surface area contributed by atoms with Crippen LogP contribution in [0.5, 0.6) is 0 Å². The molecule has 2 aromatic carbocycles. The average molecular weight is 335 g/mol. The smallest absolute Gasteiger partial charge is 0.349 e. The van der Waals surface area contributed by atoms with E-state index >= 15 is 0 Å². The lowest BCUT2D eigenvalue weighted by molar-refractivity contribution is -0.137. The van der Waals surface area contributed by atoms with Gasteiger partial charge in [0.25, 0.3) is 0 Å². The van der Waals surface area contributed by atoms with Crippen molar-refractivity contribution in [2.75, 3.05) is 0 Å². The lowest BCUT2D eigenvalue weighted by Crippen LogP contribution is -2.28. The van der Waals surface area contributed by atoms with Gasteiger partial charge in [-0.1, -0.05) is 49.4 Å². The Hall–Kier alpha value is -2.30. The second kappa shape index (κ2) is 7.51. The number of hydrogen-bond acceptors (Lipinski definition) is 1. The maximum absolute atomic E-state index is 12.7. The monoisotopic (exact) mass is 335 g/mol. The summed E-state index contributed by atoms with van der Waals surface area (Å²) in [5, 5.41) is 2.82. The number of benzene rings is 2. The van der Waals surface area contributed by atoms with Gasteiger partial charge in [-0.3, -0.25) is 4.79 Å². The molecular formula is C19H20F3NO. The molecule has 2 rings (SSSR count). The number of amides is 1. The molecule has 0 radical (unpaired) electrons. The summed E-state index contributed by atoms with van der Waals surface area (Å²) in [7, 11) is 0. The van der Waals surface area contributed by atoms with Crippen LogP contribution in [-0.2, 0) is 23.8 Å². The SMILES string of the molecule is CCc1ccc(C(C)NC(=O)Cc2cccc(C(F)(F)F)c2)cc1. The molecule has 0 aromatic heterocycles. The van der Waals surface area contributed by atoms with Crippen LogP contribution in [0.25, 0.3) is 0 Å². The van der Waals surface area contributed by atoms with Gasteiger partial charge in [-0.2, -0.15) is 13.2 Å². The van der Waals surface area contributed by atoms with Crippen LogP contribution in [0.4, 0.5) is 13.2 Å². The van der Waals surface area contributed by atoms with Gasteiger partial charge in [0.05, 0.1) is 18.0 Å². The van der Waals surface area contributed by atoms with Gasteiger partial charge in [0.1, 0.15) is 0 Å². The first-order chi connectivity index (χ1) is 11.3. The van der Waals surface area contributed by atoms with E-state index in [1.54, 1.807) is 0 Å². The predicted octanol–water partition coefficient (Wildman–Crippen LogP) is 4.69. The Labute approximate surface area is 139 Å². The molecule has 0 saturated carbocycles. The van der Waals surface area contributed by atoms with Crippen LogP contribution in [-0.4, -0.2) is 5.91 Å². The van der Waals surface area contributed by atoms with Crippen molar-refractivity contribution in [2.24, 2.45) is 0 Å². The van der Waals surface area contributed by atoms with Gasteiger partial charge >= 0.3 is 6.18 Å². The molecule has 0 aliphatic carbocycles. The third kappa shape index (κ3) is 4.85. The van der Waals surface area contributed by atoms with Gasteiger partial charge in [0.15, 0.2) is 0 Å². The topological polar surface area (TPSA) is 29.1 Å². The van der Waals surface area contributed by atoms with Gasteiger partial charge in [0, 0.05) is 0 Å². The highest BCUT2D eigenvalue weighted by atomic mass is 19.4. The third-order valence-electron chi connectivity index (χ3n) is 3.88. The summed E-state index contributed by atoms with van der Waals surface area (Å²) >= 11 is 0. The second-order valence-corrected chi connectivity index (χ2v) is 5.76. The Kier molecular flexibility index (Phi) is 5.65. The number of carbonyl (C=O) groups is 1. The quantitative estimate of drug-likeness (QED) is 0.844. The number of hydrogen-bond donors (Lipinski definition) is 1. The van der Waals surface area contributed by atoms with Crippen molar-refractivity contribution in [3.8, 4) is 0 Å². The highest BCUT2D eigenvalue weighted by Crippen LogP contribution is 2.29. The lowest BCUT2D eigenvalue weighted by Gasteiger charge is -2.15. The summed E-state index contributed by atoms with van der Waals surface area (Å²) in [6.07, 6.45) is -3.54. The molecule has 0 spiro atoms. The lowest BCUT2D eigenvalue weighted by atomic mass is 10.0. The third-order valence-corrected chi connectivity index (χ3v) is 3.88. The van der Waals surface area contributed by atoms with E-state index < -0.39 is 11.7 Å². The zero-order valence-electron chi connectivity index (χ0n) is 13.7. The van der Waals surface area contributed by atoms with Crippen molar-refractivity contribution >= 4 is 5.91 Å². The number of alkyl halides is 3. The van der Waals surface area contributed by atoms with Crippen LogP contribution >= 0.6 is 0 Å². The van der Waals surface area contributed by atoms with Crippen molar-refractivity contribution in [3.63, 3.8) is 0 Å². The molecule has 0 aliphatic rings. The maximum Gasteiger partial charge on any atom is 0.416 e. The summed E-state index contributed by atoms with van der Waals surface area (Å²) < 4.78 is 38.1. The highest BCUT2D eigenvalue weighted by Gasteiger charge is 2.30. The minimum atomic E-state index is -4.40. The first-order valence-corrected chi connectivity index (χ1v) is 7.84. The predicted molar refractivity (Wildman–Crippen MR) is 87.5 cm³/mol. The van der Waals surface area contributed by atoms with Gasteiger partial charge in [0.2, 0.25) is 5.91 Å². The van der Waals surface area contributed by atoms with E-state index in [4.69, 9.17) is 0 Å². The van der Waals surface area contributed by atoms with Crippen LogP contribution in [0.15, 0.2) is 48.5 Å². The minimum Gasteiger partial charge on any atom is -0.349 e. The van der Waals surface area contributed by atoms with Crippen LogP contribution < -0.4 is 5.32 Å². The molecule has 2 aromatic rings. The van der Waals surface area contributed by atoms with Crippen LogP contribution in [0.1, 0.15) is 42.1 Å². The standard InChI is InChI=1S/C19H20F3NO/c1-3-14-7-9-16(10-8-14)13(2)23-18(24)12-15-5-4-6-17(11-15)19(20,21)22/h4-11,13H,3,12H2,1-2H3,(H,23,24). The molecular weight excluding hydrogens is 315 g/mol. The molecule has 0 bridgehead atoms. The van der Waals surface area contributed by atoms with Crippen molar-refractivity contribution in [1.29, 1.82) is 0 Å². The highest BCUT2D eigenvalue weighted by molar-refractivity contribution is 5.79. The summed E-state index contributed by atoms with van der Waals surface area (Å²) in [4.78, 5) is 12.1. The normalized spacial score (nSPS) is 12.7. The number of halogens is 3. The minimum absolute atomic E-state index is 0.0820. The van der Waals surface area contributed by atoms with Crippen LogP contribution in [0.2, 0.25) is 0 Å². The van der Waals surface area contributed by atoms with Gasteiger partial charge in [-0.25, -0.2) is 0 Å². The zero-order valence-corrected chi connectivity index (χ0v) is 13.7. The molecule has 24 heavy (non-hydrogen) atoms. The van der Waals surface area contributed by atoms with E-state index in [0.717, 1.165) is 24.1 Å². The van der Waals surface area contributed by atoms with Gasteiger partial charge in [-0.05, 0) is 36.1 Å². The second-order valence-electron chi connectivity index (χ2n) is 5.76. The fourth-order valence-corrected chi connectivity index (χ4v) is 2.46. The number of nitrogens with one attached hydrogen (secondary N) is 1. The fraction of sp³-hybridized carbons (Fsp3) is 0.316. The number of carbonyl (C=O) groups excluding carboxylic acids is 1. The zero-order chi connectivity index (χ0) is 17.7. The van der Waals surface area contributed by atoms with E-state index in [-0.39, 0.29) is 18.4 Å². The Bertz CT molecular complexity index is 693. The van der Waals surface area contributed by atoms with Crippen molar-refractivity contribution in [3.05, 3.63) is 70.8 Å². The van der Waals surface area contributed by atoms with Crippen molar-refractivity contribution in [1.82, 2.24) is 5.32 Å². The molecule has 128 valence electrons. The first-order valence-electron chi connectivity index (χ1n) is 7.84. The molecule has 1 amide bonds. The Balaban J connectivity index is 1.99. The average Bonchev–Trinajstić information content (AvgIpc) is 2.54. The van der Waals surface area contributed by atoms with Gasteiger partial charge < -0.3 is 5.32 Å². The molecule has 0 aliphatic heterocycles. The van der Waals surface area contributed by atoms with Crippen LogP contribution in [0, 0.1) is 0 Å². The van der Waals surface area contributed by atoms with Gasteiger partial charge in [-0.15, -0.1) is 0 Å². The van der Waals surface area contributed by atoms with Crippen molar-refractivity contribution < 1.29 is 18.0 Å². The van der Waals surface area contributed by atoms with E-state index in [2.05, 4.69) is 12.2 Å². The molecule has 1 unspecified atom stereocenters. The fourth-order valence-electron chi connectivity index (χ4n) is 2.46. The molecule has 1 N–H and O–H groups in total. The van der Waals surface area contributed by atoms with E-state index in [1.165, 1.54) is 17.7 Å². The molecule has 1 atom stereocenters. The molecule has 0 saturated heterocycles. The van der Waals surface area contributed by atoms with Crippen molar-refractivity contribution in [2.45, 2.75) is 38.9 Å². The van der Waals surface area contributed by atoms with E-state index in [9.17, 15) is 18.0 Å². The largest absolute Gasteiger partial charge is 0.416 e. The number of aryl methyl sites for hydroxylation is 1. The van der Waals surface area contributed by atoms with E-state index in [0.29, 0.717) is 5.56 Å². The summed E-state index contributed by atoms with van der Waals surface area (Å²) in [5.74, 6) is -0.304. The molecule has 5 heteroatoms.